The van der Waals surface area contributed by atoms with Crippen molar-refractivity contribution in [3.8, 4) is 0 Å². The van der Waals surface area contributed by atoms with Gasteiger partial charge >= 0.3 is 0 Å². The Hall–Kier alpha value is -0.110. The maximum atomic E-state index is 13.3. The summed E-state index contributed by atoms with van der Waals surface area (Å²) in [5.41, 5.74) is 0.475. The van der Waals surface area contributed by atoms with Crippen molar-refractivity contribution < 1.29 is 4.39 Å². The van der Waals surface area contributed by atoms with Crippen molar-refractivity contribution in [2.45, 2.75) is 64.2 Å². The molecule has 1 unspecified atom stereocenters. The molecule has 76 valence electrons. The van der Waals surface area contributed by atoms with Gasteiger partial charge in [-0.1, -0.05) is 6.92 Å². The van der Waals surface area contributed by atoms with Crippen LogP contribution in [-0.4, -0.2) is 18.3 Å². The van der Waals surface area contributed by atoms with E-state index in [2.05, 4.69) is 19.2 Å². The zero-order chi connectivity index (χ0) is 9.47. The Morgan fingerprint density at radius 3 is 2.54 bits per heavy atom. The van der Waals surface area contributed by atoms with Crippen LogP contribution in [0.5, 0.6) is 0 Å². The molecule has 0 aromatic rings. The standard InChI is InChI=1S/C11H20FN/c1-8(11(2)6-7-11)13-10-5-3-4-9(10)12/h8-10,13H,3-7H2,1-2H3/t8?,9-,10+/m0/s1. The highest BCUT2D eigenvalue weighted by molar-refractivity contribution is 4.99. The van der Waals surface area contributed by atoms with E-state index < -0.39 is 6.17 Å². The van der Waals surface area contributed by atoms with Crippen molar-refractivity contribution in [2.24, 2.45) is 5.41 Å². The van der Waals surface area contributed by atoms with Gasteiger partial charge in [-0.25, -0.2) is 4.39 Å². The van der Waals surface area contributed by atoms with Crippen LogP contribution < -0.4 is 5.32 Å². The molecule has 2 saturated carbocycles. The molecule has 2 rings (SSSR count). The first-order valence-electron chi connectivity index (χ1n) is 5.52. The lowest BCUT2D eigenvalue weighted by Gasteiger charge is -2.25. The SMILES string of the molecule is CC(N[C@@H]1CCC[C@@H]1F)C1(C)CC1. The average Bonchev–Trinajstić information content (AvgIpc) is 2.72. The van der Waals surface area contributed by atoms with Crippen LogP contribution in [0.25, 0.3) is 0 Å². The van der Waals surface area contributed by atoms with Gasteiger partial charge in [0.1, 0.15) is 6.17 Å². The lowest BCUT2D eigenvalue weighted by Crippen LogP contribution is -2.43. The molecule has 0 heterocycles. The third-order valence-electron chi connectivity index (χ3n) is 3.98. The van der Waals surface area contributed by atoms with Crippen LogP contribution in [0.15, 0.2) is 0 Å². The topological polar surface area (TPSA) is 12.0 Å². The zero-order valence-electron chi connectivity index (χ0n) is 8.65. The first-order chi connectivity index (χ1) is 6.12. The summed E-state index contributed by atoms with van der Waals surface area (Å²) in [6.07, 6.45) is 4.88. The fraction of sp³-hybridized carbons (Fsp3) is 1.00. The van der Waals surface area contributed by atoms with Gasteiger partial charge in [-0.2, -0.15) is 0 Å². The molecule has 0 aromatic carbocycles. The normalized spacial score (nSPS) is 39.0. The lowest BCUT2D eigenvalue weighted by molar-refractivity contribution is 0.242. The van der Waals surface area contributed by atoms with E-state index in [9.17, 15) is 4.39 Å². The van der Waals surface area contributed by atoms with E-state index in [-0.39, 0.29) is 6.04 Å². The van der Waals surface area contributed by atoms with Gasteiger partial charge in [0.15, 0.2) is 0 Å². The molecule has 2 aliphatic carbocycles. The second-order valence-electron chi connectivity index (χ2n) is 5.10. The molecule has 0 spiro atoms. The molecule has 1 N–H and O–H groups in total. The van der Waals surface area contributed by atoms with Gasteiger partial charge in [0.2, 0.25) is 0 Å². The summed E-state index contributed by atoms with van der Waals surface area (Å²) < 4.78 is 13.3. The number of hydrogen-bond donors (Lipinski definition) is 1. The minimum atomic E-state index is -0.593. The smallest absolute Gasteiger partial charge is 0.115 e. The third kappa shape index (κ3) is 1.88. The fourth-order valence-corrected chi connectivity index (χ4v) is 2.26. The summed E-state index contributed by atoms with van der Waals surface area (Å²) >= 11 is 0. The van der Waals surface area contributed by atoms with Gasteiger partial charge in [0, 0.05) is 12.1 Å². The molecule has 2 aliphatic rings. The molecule has 0 radical (unpaired) electrons. The number of halogens is 1. The van der Waals surface area contributed by atoms with Crippen molar-refractivity contribution in [3.63, 3.8) is 0 Å². The van der Waals surface area contributed by atoms with Crippen molar-refractivity contribution in [2.75, 3.05) is 0 Å². The maximum Gasteiger partial charge on any atom is 0.115 e. The van der Waals surface area contributed by atoms with E-state index in [1.54, 1.807) is 0 Å². The summed E-state index contributed by atoms with van der Waals surface area (Å²) in [4.78, 5) is 0. The highest BCUT2D eigenvalue weighted by Crippen LogP contribution is 2.48. The Labute approximate surface area is 80.1 Å². The van der Waals surface area contributed by atoms with Gasteiger partial charge in [-0.05, 0) is 44.4 Å². The highest BCUT2D eigenvalue weighted by atomic mass is 19.1. The molecule has 13 heavy (non-hydrogen) atoms. The average molecular weight is 185 g/mol. The number of nitrogens with one attached hydrogen (secondary N) is 1. The highest BCUT2D eigenvalue weighted by Gasteiger charge is 2.44. The van der Waals surface area contributed by atoms with Crippen LogP contribution in [-0.2, 0) is 0 Å². The van der Waals surface area contributed by atoms with Crippen LogP contribution >= 0.6 is 0 Å². The first-order valence-corrected chi connectivity index (χ1v) is 5.52. The Morgan fingerprint density at radius 1 is 1.38 bits per heavy atom. The van der Waals surface area contributed by atoms with Crippen LogP contribution in [0, 0.1) is 5.41 Å². The molecule has 0 amide bonds. The second kappa shape index (κ2) is 3.23. The summed E-state index contributed by atoms with van der Waals surface area (Å²) in [5, 5.41) is 3.46. The molecule has 0 bridgehead atoms. The molecule has 3 atom stereocenters. The Kier molecular flexibility index (Phi) is 2.35. The van der Waals surface area contributed by atoms with Crippen molar-refractivity contribution in [3.05, 3.63) is 0 Å². The number of rotatable bonds is 3. The van der Waals surface area contributed by atoms with E-state index in [1.165, 1.54) is 12.8 Å². The van der Waals surface area contributed by atoms with Crippen LogP contribution in [0.3, 0.4) is 0 Å². The fourth-order valence-electron chi connectivity index (χ4n) is 2.26. The predicted octanol–water partition coefficient (Wildman–Crippen LogP) is 2.66. The van der Waals surface area contributed by atoms with Crippen molar-refractivity contribution in [1.29, 1.82) is 0 Å². The van der Waals surface area contributed by atoms with Gasteiger partial charge in [-0.3, -0.25) is 0 Å². The van der Waals surface area contributed by atoms with E-state index in [0.717, 1.165) is 19.3 Å². The predicted molar refractivity (Wildman–Crippen MR) is 52.5 cm³/mol. The molecule has 0 aliphatic heterocycles. The quantitative estimate of drug-likeness (QED) is 0.712. The number of alkyl halides is 1. The Bertz CT molecular complexity index is 189. The summed E-state index contributed by atoms with van der Waals surface area (Å²) in [7, 11) is 0. The summed E-state index contributed by atoms with van der Waals surface area (Å²) in [6.45, 7) is 4.50. The minimum absolute atomic E-state index is 0.146. The maximum absolute atomic E-state index is 13.3. The molecular formula is C11H20FN. The first kappa shape index (κ1) is 9.45. The second-order valence-corrected chi connectivity index (χ2v) is 5.10. The van der Waals surface area contributed by atoms with Gasteiger partial charge < -0.3 is 5.32 Å². The molecule has 0 aromatic heterocycles. The molecule has 0 saturated heterocycles. The van der Waals surface area contributed by atoms with Gasteiger partial charge in [0.05, 0.1) is 0 Å². The summed E-state index contributed by atoms with van der Waals surface area (Å²) in [6, 6.07) is 0.640. The number of hydrogen-bond acceptors (Lipinski definition) is 1. The largest absolute Gasteiger partial charge is 0.308 e. The lowest BCUT2D eigenvalue weighted by atomic mass is 9.99. The van der Waals surface area contributed by atoms with E-state index >= 15 is 0 Å². The van der Waals surface area contributed by atoms with Crippen LogP contribution in [0.1, 0.15) is 46.0 Å². The van der Waals surface area contributed by atoms with E-state index in [1.807, 2.05) is 0 Å². The molecule has 1 nitrogen and oxygen atoms in total. The third-order valence-corrected chi connectivity index (χ3v) is 3.98. The van der Waals surface area contributed by atoms with E-state index in [0.29, 0.717) is 11.5 Å². The van der Waals surface area contributed by atoms with Crippen molar-refractivity contribution >= 4 is 0 Å². The summed E-state index contributed by atoms with van der Waals surface area (Å²) in [5.74, 6) is 0. The Balaban J connectivity index is 1.83. The van der Waals surface area contributed by atoms with E-state index in [4.69, 9.17) is 0 Å². The van der Waals surface area contributed by atoms with Crippen LogP contribution in [0.2, 0.25) is 0 Å². The van der Waals surface area contributed by atoms with Gasteiger partial charge in [-0.15, -0.1) is 0 Å². The van der Waals surface area contributed by atoms with Crippen LogP contribution in [0.4, 0.5) is 4.39 Å². The van der Waals surface area contributed by atoms with Crippen molar-refractivity contribution in [1.82, 2.24) is 5.32 Å². The van der Waals surface area contributed by atoms with Gasteiger partial charge in [0.25, 0.3) is 0 Å². The minimum Gasteiger partial charge on any atom is -0.308 e. The Morgan fingerprint density at radius 2 is 2.08 bits per heavy atom. The molecular weight excluding hydrogens is 165 g/mol. The molecule has 2 heteroatoms. The zero-order valence-corrected chi connectivity index (χ0v) is 8.65. The molecule has 2 fully saturated rings. The monoisotopic (exact) mass is 185 g/mol.